The van der Waals surface area contributed by atoms with Crippen LogP contribution in [0.1, 0.15) is 18.9 Å². The van der Waals surface area contributed by atoms with Gasteiger partial charge in [0.15, 0.2) is 0 Å². The van der Waals surface area contributed by atoms with Crippen LogP contribution < -0.4 is 5.32 Å². The van der Waals surface area contributed by atoms with Crippen LogP contribution in [0.2, 0.25) is 0 Å². The van der Waals surface area contributed by atoms with Gasteiger partial charge in [0.25, 0.3) is 0 Å². The molecule has 1 aliphatic heterocycles. The van der Waals surface area contributed by atoms with E-state index < -0.39 is 0 Å². The van der Waals surface area contributed by atoms with E-state index in [9.17, 15) is 0 Å². The summed E-state index contributed by atoms with van der Waals surface area (Å²) in [5.41, 5.74) is 4.94. The quantitative estimate of drug-likeness (QED) is 0.802. The minimum atomic E-state index is 0.548. The van der Waals surface area contributed by atoms with Gasteiger partial charge in [-0.15, -0.1) is 0 Å². The molecular formula is C15H16N2. The van der Waals surface area contributed by atoms with E-state index in [0.29, 0.717) is 6.04 Å². The van der Waals surface area contributed by atoms with Gasteiger partial charge >= 0.3 is 0 Å². The van der Waals surface area contributed by atoms with Crippen molar-refractivity contribution in [3.8, 4) is 11.3 Å². The third-order valence-corrected chi connectivity index (χ3v) is 3.33. The number of para-hydroxylation sites is 1. The molecule has 17 heavy (non-hydrogen) atoms. The number of rotatable bonds is 1. The Hall–Kier alpha value is -1.83. The van der Waals surface area contributed by atoms with Crippen LogP contribution in [0.3, 0.4) is 0 Å². The SMILES string of the molecule is CC1CCc2cccc(-c3ccccn3)c2N1. The van der Waals surface area contributed by atoms with Crippen LogP contribution in [0.25, 0.3) is 11.3 Å². The number of nitrogens with one attached hydrogen (secondary N) is 1. The van der Waals surface area contributed by atoms with Gasteiger partial charge in [-0.3, -0.25) is 4.98 Å². The molecule has 2 heterocycles. The Morgan fingerprint density at radius 2 is 2.12 bits per heavy atom. The highest BCUT2D eigenvalue weighted by Gasteiger charge is 2.17. The van der Waals surface area contributed by atoms with Crippen molar-refractivity contribution >= 4 is 5.69 Å². The Labute approximate surface area is 102 Å². The molecule has 0 saturated carbocycles. The van der Waals surface area contributed by atoms with E-state index in [2.05, 4.69) is 41.5 Å². The zero-order valence-electron chi connectivity index (χ0n) is 9.98. The molecule has 3 rings (SSSR count). The van der Waals surface area contributed by atoms with Crippen LogP contribution in [0.15, 0.2) is 42.6 Å². The first kappa shape index (κ1) is 10.3. The molecule has 86 valence electrons. The number of fused-ring (bicyclic) bond motifs is 1. The number of hydrogen-bond donors (Lipinski definition) is 1. The second kappa shape index (κ2) is 4.21. The van der Waals surface area contributed by atoms with Crippen molar-refractivity contribution in [3.05, 3.63) is 48.2 Å². The molecule has 0 radical (unpaired) electrons. The van der Waals surface area contributed by atoms with Crippen LogP contribution in [-0.2, 0) is 6.42 Å². The minimum absolute atomic E-state index is 0.548. The second-order valence-electron chi connectivity index (χ2n) is 4.64. The van der Waals surface area contributed by atoms with E-state index in [-0.39, 0.29) is 0 Å². The van der Waals surface area contributed by atoms with Crippen LogP contribution in [-0.4, -0.2) is 11.0 Å². The number of anilines is 1. The average Bonchev–Trinajstić information content (AvgIpc) is 2.39. The molecule has 0 bridgehead atoms. The molecule has 1 aromatic heterocycles. The number of nitrogens with zero attached hydrogens (tertiary/aromatic N) is 1. The van der Waals surface area contributed by atoms with E-state index in [1.54, 1.807) is 0 Å². The summed E-state index contributed by atoms with van der Waals surface area (Å²) in [4.78, 5) is 4.44. The fourth-order valence-corrected chi connectivity index (χ4v) is 2.41. The van der Waals surface area contributed by atoms with Gasteiger partial charge in [0, 0.05) is 23.5 Å². The van der Waals surface area contributed by atoms with Crippen LogP contribution >= 0.6 is 0 Å². The van der Waals surface area contributed by atoms with Crippen LogP contribution in [0, 0.1) is 0 Å². The maximum Gasteiger partial charge on any atom is 0.0722 e. The van der Waals surface area contributed by atoms with E-state index in [4.69, 9.17) is 0 Å². The summed E-state index contributed by atoms with van der Waals surface area (Å²) in [7, 11) is 0. The van der Waals surface area contributed by atoms with E-state index in [0.717, 1.165) is 12.1 Å². The number of hydrogen-bond acceptors (Lipinski definition) is 2. The standard InChI is InChI=1S/C15H16N2/c1-11-8-9-12-5-4-6-13(15(12)17-11)14-7-2-3-10-16-14/h2-7,10-11,17H,8-9H2,1H3. The molecule has 1 aliphatic rings. The molecule has 2 aromatic rings. The lowest BCUT2D eigenvalue weighted by atomic mass is 9.94. The summed E-state index contributed by atoms with van der Waals surface area (Å²) in [6.07, 6.45) is 4.21. The van der Waals surface area contributed by atoms with Crippen molar-refractivity contribution in [1.29, 1.82) is 0 Å². The maximum absolute atomic E-state index is 4.44. The maximum atomic E-state index is 4.44. The summed E-state index contributed by atoms with van der Waals surface area (Å²) in [6.45, 7) is 2.23. The predicted molar refractivity (Wildman–Crippen MR) is 71.1 cm³/mol. The molecule has 2 heteroatoms. The Bertz CT molecular complexity index is 520. The molecular weight excluding hydrogens is 208 g/mol. The molecule has 0 fully saturated rings. The molecule has 1 N–H and O–H groups in total. The number of aryl methyl sites for hydroxylation is 1. The Morgan fingerprint density at radius 3 is 2.94 bits per heavy atom. The summed E-state index contributed by atoms with van der Waals surface area (Å²) in [5, 5.41) is 3.59. The summed E-state index contributed by atoms with van der Waals surface area (Å²) in [5.74, 6) is 0. The van der Waals surface area contributed by atoms with E-state index in [1.165, 1.54) is 23.2 Å². The van der Waals surface area contributed by atoms with Crippen molar-refractivity contribution in [2.45, 2.75) is 25.8 Å². The topological polar surface area (TPSA) is 24.9 Å². The van der Waals surface area contributed by atoms with Crippen molar-refractivity contribution in [2.75, 3.05) is 5.32 Å². The lowest BCUT2D eigenvalue weighted by molar-refractivity contribution is 0.681. The molecule has 2 nitrogen and oxygen atoms in total. The number of aromatic nitrogens is 1. The third-order valence-electron chi connectivity index (χ3n) is 3.33. The summed E-state index contributed by atoms with van der Waals surface area (Å²) >= 11 is 0. The first-order valence-electron chi connectivity index (χ1n) is 6.14. The molecule has 1 atom stereocenters. The van der Waals surface area contributed by atoms with Crippen LogP contribution in [0.4, 0.5) is 5.69 Å². The highest BCUT2D eigenvalue weighted by Crippen LogP contribution is 2.34. The van der Waals surface area contributed by atoms with Crippen LogP contribution in [0.5, 0.6) is 0 Å². The highest BCUT2D eigenvalue weighted by molar-refractivity contribution is 5.79. The molecule has 1 unspecified atom stereocenters. The lowest BCUT2D eigenvalue weighted by Crippen LogP contribution is -2.22. The Morgan fingerprint density at radius 1 is 1.18 bits per heavy atom. The van der Waals surface area contributed by atoms with Gasteiger partial charge in [0.1, 0.15) is 0 Å². The van der Waals surface area contributed by atoms with Gasteiger partial charge in [-0.2, -0.15) is 0 Å². The zero-order chi connectivity index (χ0) is 11.7. The van der Waals surface area contributed by atoms with Gasteiger partial charge in [-0.05, 0) is 37.5 Å². The monoisotopic (exact) mass is 224 g/mol. The van der Waals surface area contributed by atoms with Crippen molar-refractivity contribution < 1.29 is 0 Å². The second-order valence-corrected chi connectivity index (χ2v) is 4.64. The largest absolute Gasteiger partial charge is 0.382 e. The molecule has 0 aliphatic carbocycles. The van der Waals surface area contributed by atoms with Gasteiger partial charge in [-0.1, -0.05) is 24.3 Å². The van der Waals surface area contributed by atoms with Crippen molar-refractivity contribution in [1.82, 2.24) is 4.98 Å². The Kier molecular flexibility index (Phi) is 2.56. The lowest BCUT2D eigenvalue weighted by Gasteiger charge is -2.26. The van der Waals surface area contributed by atoms with Gasteiger partial charge < -0.3 is 5.32 Å². The van der Waals surface area contributed by atoms with Crippen molar-refractivity contribution in [2.24, 2.45) is 0 Å². The van der Waals surface area contributed by atoms with Gasteiger partial charge in [0.05, 0.1) is 5.69 Å². The smallest absolute Gasteiger partial charge is 0.0722 e. The zero-order valence-corrected chi connectivity index (χ0v) is 9.98. The first-order chi connectivity index (χ1) is 8.34. The van der Waals surface area contributed by atoms with Gasteiger partial charge in [-0.25, -0.2) is 0 Å². The fraction of sp³-hybridized carbons (Fsp3) is 0.267. The average molecular weight is 224 g/mol. The molecule has 0 amide bonds. The number of pyridine rings is 1. The summed E-state index contributed by atoms with van der Waals surface area (Å²) in [6, 6.07) is 13.1. The third kappa shape index (κ3) is 1.91. The first-order valence-corrected chi connectivity index (χ1v) is 6.14. The number of benzene rings is 1. The molecule has 0 saturated heterocycles. The van der Waals surface area contributed by atoms with E-state index >= 15 is 0 Å². The highest BCUT2D eigenvalue weighted by atomic mass is 14.9. The molecule has 1 aromatic carbocycles. The fourth-order valence-electron chi connectivity index (χ4n) is 2.41. The minimum Gasteiger partial charge on any atom is -0.382 e. The normalized spacial score (nSPS) is 18.3. The predicted octanol–water partition coefficient (Wildman–Crippen LogP) is 3.50. The molecule has 0 spiro atoms. The van der Waals surface area contributed by atoms with E-state index in [1.807, 2.05) is 18.3 Å². The van der Waals surface area contributed by atoms with Gasteiger partial charge in [0.2, 0.25) is 0 Å². The van der Waals surface area contributed by atoms with Crippen molar-refractivity contribution in [3.63, 3.8) is 0 Å². The Balaban J connectivity index is 2.12. The summed E-state index contributed by atoms with van der Waals surface area (Å²) < 4.78 is 0.